The molecule has 0 amide bonds. The summed E-state index contributed by atoms with van der Waals surface area (Å²) >= 11 is 5.76. The number of nitrogens with two attached hydrogens (primary N) is 1. The minimum atomic E-state index is -0.372. The van der Waals surface area contributed by atoms with Gasteiger partial charge in [0.1, 0.15) is 23.6 Å². The van der Waals surface area contributed by atoms with Gasteiger partial charge in [-0.15, -0.1) is 10.2 Å². The number of nitrogens with one attached hydrogen (secondary N) is 2. The number of aromatic nitrogens is 5. The zero-order valence-electron chi connectivity index (χ0n) is 13.8. The van der Waals surface area contributed by atoms with Crippen molar-refractivity contribution < 1.29 is 0 Å². The summed E-state index contributed by atoms with van der Waals surface area (Å²) in [5, 5.41) is 12.5. The second kappa shape index (κ2) is 6.12. The highest BCUT2D eigenvalue weighted by atomic mass is 35.5. The van der Waals surface area contributed by atoms with Crippen LogP contribution in [0.2, 0.25) is 5.15 Å². The highest BCUT2D eigenvalue weighted by Crippen LogP contribution is 2.30. The van der Waals surface area contributed by atoms with E-state index < -0.39 is 0 Å². The number of aromatic amines is 1. The van der Waals surface area contributed by atoms with E-state index in [2.05, 4.69) is 42.3 Å². The van der Waals surface area contributed by atoms with Crippen molar-refractivity contribution in [2.45, 2.75) is 18.9 Å². The molecular formula is C16H19ClN8. The van der Waals surface area contributed by atoms with Gasteiger partial charge >= 0.3 is 0 Å². The van der Waals surface area contributed by atoms with Gasteiger partial charge in [0.2, 0.25) is 0 Å². The Kier molecular flexibility index (Phi) is 3.93. The molecule has 0 saturated carbocycles. The minimum absolute atomic E-state index is 0.370. The third-order valence-electron chi connectivity index (χ3n) is 4.59. The first-order valence-corrected chi connectivity index (χ1v) is 8.47. The van der Waals surface area contributed by atoms with E-state index in [1.165, 1.54) is 0 Å². The quantitative estimate of drug-likeness (QED) is 0.651. The summed E-state index contributed by atoms with van der Waals surface area (Å²) in [5.74, 6) is 1.60. The first-order valence-electron chi connectivity index (χ1n) is 8.10. The van der Waals surface area contributed by atoms with E-state index in [-0.39, 0.29) is 5.54 Å². The molecule has 25 heavy (non-hydrogen) atoms. The monoisotopic (exact) mass is 358 g/mol. The number of hydrogen-bond acceptors (Lipinski definition) is 7. The molecule has 4 N–H and O–H groups in total. The summed E-state index contributed by atoms with van der Waals surface area (Å²) in [6, 6.07) is 3.50. The summed E-state index contributed by atoms with van der Waals surface area (Å²) < 4.78 is 0. The van der Waals surface area contributed by atoms with E-state index in [0.717, 1.165) is 35.4 Å². The van der Waals surface area contributed by atoms with Crippen LogP contribution in [-0.2, 0) is 0 Å². The molecule has 1 saturated heterocycles. The van der Waals surface area contributed by atoms with Gasteiger partial charge in [-0.25, -0.2) is 9.97 Å². The van der Waals surface area contributed by atoms with E-state index in [1.807, 2.05) is 6.20 Å². The Hall–Kier alpha value is -2.45. The van der Waals surface area contributed by atoms with E-state index in [9.17, 15) is 0 Å². The van der Waals surface area contributed by atoms with E-state index in [1.54, 1.807) is 18.5 Å². The molecule has 3 aromatic heterocycles. The number of halogens is 1. The minimum Gasteiger partial charge on any atom is -0.367 e. The standard InChI is InChI=1S/C16H19ClN8/c1-10-6-19-14-13(10)15(22-9-21-14)25-5-4-16(18,8-25)7-20-12-3-2-11(17)23-24-12/h2-3,6,9H,4-5,7-8,18H2,1H3,(H,20,24)(H,19,21,22). The molecule has 1 atom stereocenters. The summed E-state index contributed by atoms with van der Waals surface area (Å²) in [6.45, 7) is 4.21. The van der Waals surface area contributed by atoms with E-state index >= 15 is 0 Å². The van der Waals surface area contributed by atoms with Crippen LogP contribution in [-0.4, -0.2) is 50.3 Å². The van der Waals surface area contributed by atoms with Crippen molar-refractivity contribution in [3.05, 3.63) is 35.4 Å². The van der Waals surface area contributed by atoms with Crippen LogP contribution in [0, 0.1) is 6.92 Å². The highest BCUT2D eigenvalue weighted by Gasteiger charge is 2.36. The molecule has 8 nitrogen and oxygen atoms in total. The average molecular weight is 359 g/mol. The molecule has 1 unspecified atom stereocenters. The number of H-pyrrole nitrogens is 1. The molecule has 4 rings (SSSR count). The maximum absolute atomic E-state index is 6.59. The summed E-state index contributed by atoms with van der Waals surface area (Å²) in [6.07, 6.45) is 4.40. The van der Waals surface area contributed by atoms with Crippen LogP contribution in [0.5, 0.6) is 0 Å². The van der Waals surface area contributed by atoms with Gasteiger partial charge in [-0.2, -0.15) is 0 Å². The van der Waals surface area contributed by atoms with Crippen LogP contribution >= 0.6 is 11.6 Å². The van der Waals surface area contributed by atoms with Gasteiger partial charge in [0.25, 0.3) is 0 Å². The first kappa shape index (κ1) is 16.0. The first-order chi connectivity index (χ1) is 12.0. The van der Waals surface area contributed by atoms with Crippen molar-refractivity contribution >= 4 is 34.3 Å². The number of aryl methyl sites for hydroxylation is 1. The lowest BCUT2D eigenvalue weighted by atomic mass is 10.0. The zero-order valence-corrected chi connectivity index (χ0v) is 14.6. The van der Waals surface area contributed by atoms with Crippen LogP contribution in [0.4, 0.5) is 11.6 Å². The largest absolute Gasteiger partial charge is 0.367 e. The molecule has 0 radical (unpaired) electrons. The van der Waals surface area contributed by atoms with E-state index in [0.29, 0.717) is 24.1 Å². The summed E-state index contributed by atoms with van der Waals surface area (Å²) in [5.41, 5.74) is 8.21. The van der Waals surface area contributed by atoms with Gasteiger partial charge < -0.3 is 20.9 Å². The maximum Gasteiger partial charge on any atom is 0.151 e. The molecule has 0 spiro atoms. The van der Waals surface area contributed by atoms with Crippen LogP contribution in [0.1, 0.15) is 12.0 Å². The van der Waals surface area contributed by atoms with Gasteiger partial charge in [0.15, 0.2) is 5.15 Å². The van der Waals surface area contributed by atoms with Crippen LogP contribution < -0.4 is 16.0 Å². The smallest absolute Gasteiger partial charge is 0.151 e. The van der Waals surface area contributed by atoms with Gasteiger partial charge in [-0.3, -0.25) is 0 Å². The molecule has 0 aliphatic carbocycles. The fourth-order valence-corrected chi connectivity index (χ4v) is 3.34. The Labute approximate surface area is 149 Å². The SMILES string of the molecule is Cc1c[nH]c2ncnc(N3CCC(N)(CNc4ccc(Cl)nn4)C3)c12. The van der Waals surface area contributed by atoms with Crippen LogP contribution in [0.15, 0.2) is 24.7 Å². The molecule has 0 aromatic carbocycles. The second-order valence-electron chi connectivity index (χ2n) is 6.52. The molecule has 1 aliphatic heterocycles. The zero-order chi connectivity index (χ0) is 17.4. The van der Waals surface area contributed by atoms with Crippen molar-refractivity contribution in [3.8, 4) is 0 Å². The Morgan fingerprint density at radius 2 is 2.24 bits per heavy atom. The number of nitrogens with zero attached hydrogens (tertiary/aromatic N) is 5. The fourth-order valence-electron chi connectivity index (χ4n) is 3.24. The highest BCUT2D eigenvalue weighted by molar-refractivity contribution is 6.29. The van der Waals surface area contributed by atoms with Gasteiger partial charge in [0.05, 0.1) is 10.9 Å². The van der Waals surface area contributed by atoms with Crippen LogP contribution in [0.25, 0.3) is 11.0 Å². The average Bonchev–Trinajstić information content (AvgIpc) is 3.19. The van der Waals surface area contributed by atoms with Gasteiger partial charge in [-0.1, -0.05) is 11.6 Å². The predicted molar refractivity (Wildman–Crippen MR) is 97.9 cm³/mol. The fraction of sp³-hybridized carbons (Fsp3) is 0.375. The lowest BCUT2D eigenvalue weighted by Crippen LogP contribution is -2.48. The molecule has 4 heterocycles. The number of hydrogen-bond donors (Lipinski definition) is 3. The summed E-state index contributed by atoms with van der Waals surface area (Å²) in [4.78, 5) is 14.2. The Morgan fingerprint density at radius 1 is 1.36 bits per heavy atom. The number of rotatable bonds is 4. The summed E-state index contributed by atoms with van der Waals surface area (Å²) in [7, 11) is 0. The van der Waals surface area contributed by atoms with Crippen LogP contribution in [0.3, 0.4) is 0 Å². The molecule has 1 fully saturated rings. The molecule has 9 heteroatoms. The van der Waals surface area contributed by atoms with Crippen molar-refractivity contribution in [2.75, 3.05) is 29.9 Å². The molecule has 1 aliphatic rings. The molecule has 0 bridgehead atoms. The third-order valence-corrected chi connectivity index (χ3v) is 4.79. The maximum atomic E-state index is 6.59. The van der Waals surface area contributed by atoms with Crippen molar-refractivity contribution in [1.29, 1.82) is 0 Å². The van der Waals surface area contributed by atoms with Crippen molar-refractivity contribution in [2.24, 2.45) is 5.73 Å². The van der Waals surface area contributed by atoms with E-state index in [4.69, 9.17) is 17.3 Å². The Morgan fingerprint density at radius 3 is 3.04 bits per heavy atom. The molecule has 130 valence electrons. The molecular weight excluding hydrogens is 340 g/mol. The number of anilines is 2. The Bertz CT molecular complexity index is 893. The third kappa shape index (κ3) is 3.10. The second-order valence-corrected chi connectivity index (χ2v) is 6.91. The number of fused-ring (bicyclic) bond motifs is 1. The normalized spacial score (nSPS) is 20.4. The van der Waals surface area contributed by atoms with Gasteiger partial charge in [0, 0.05) is 25.8 Å². The van der Waals surface area contributed by atoms with Gasteiger partial charge in [-0.05, 0) is 31.0 Å². The topological polar surface area (TPSA) is 109 Å². The van der Waals surface area contributed by atoms with Crippen molar-refractivity contribution in [3.63, 3.8) is 0 Å². The Balaban J connectivity index is 1.50. The molecule has 3 aromatic rings. The van der Waals surface area contributed by atoms with Crippen molar-refractivity contribution in [1.82, 2.24) is 25.1 Å². The lowest BCUT2D eigenvalue weighted by molar-refractivity contribution is 0.498. The predicted octanol–water partition coefficient (Wildman–Crippen LogP) is 1.73. The lowest BCUT2D eigenvalue weighted by Gasteiger charge is -2.25.